The van der Waals surface area contributed by atoms with Crippen molar-refractivity contribution in [1.29, 1.82) is 0 Å². The minimum absolute atomic E-state index is 0.0958. The van der Waals surface area contributed by atoms with Gasteiger partial charge in [-0.15, -0.1) is 0 Å². The van der Waals surface area contributed by atoms with Gasteiger partial charge in [-0.25, -0.2) is 0 Å². The van der Waals surface area contributed by atoms with Crippen LogP contribution in [-0.2, 0) is 4.79 Å². The number of nitrogens with one attached hydrogen (secondary N) is 1. The van der Waals surface area contributed by atoms with E-state index in [0.29, 0.717) is 31.0 Å². The summed E-state index contributed by atoms with van der Waals surface area (Å²) in [5.74, 6) is -0.0711. The molecule has 1 unspecified atom stereocenters. The molecule has 2 aliphatic heterocycles. The molecule has 0 saturated carbocycles. The summed E-state index contributed by atoms with van der Waals surface area (Å²) in [4.78, 5) is 25.7. The van der Waals surface area contributed by atoms with Crippen LogP contribution in [0.1, 0.15) is 23.2 Å². The summed E-state index contributed by atoms with van der Waals surface area (Å²) in [6.07, 6.45) is 1.55. The standard InChI is InChI=1S/C15H19N3O3/c16-14(19)10-3-2-7-18(9-10)15(20)11-4-1-5-12-13(11)21-8-6-17-12/h1,4-5,10,17H,2-3,6-9H2,(H2,16,19). The Balaban J connectivity index is 1.83. The molecule has 0 spiro atoms. The van der Waals surface area contributed by atoms with Crippen LogP contribution in [0.3, 0.4) is 0 Å². The first kappa shape index (κ1) is 13.7. The summed E-state index contributed by atoms with van der Waals surface area (Å²) < 4.78 is 5.64. The summed E-state index contributed by atoms with van der Waals surface area (Å²) in [5.41, 5.74) is 6.76. The number of carbonyl (C=O) groups is 2. The number of hydrogen-bond acceptors (Lipinski definition) is 4. The number of anilines is 1. The van der Waals surface area contributed by atoms with Crippen LogP contribution in [0, 0.1) is 5.92 Å². The van der Waals surface area contributed by atoms with Gasteiger partial charge in [-0.3, -0.25) is 9.59 Å². The Kier molecular flexibility index (Phi) is 3.68. The fourth-order valence-electron chi connectivity index (χ4n) is 2.90. The van der Waals surface area contributed by atoms with Gasteiger partial charge >= 0.3 is 0 Å². The smallest absolute Gasteiger partial charge is 0.257 e. The Labute approximate surface area is 123 Å². The van der Waals surface area contributed by atoms with Crippen LogP contribution >= 0.6 is 0 Å². The minimum atomic E-state index is -0.333. The van der Waals surface area contributed by atoms with Crippen molar-refractivity contribution >= 4 is 17.5 Å². The van der Waals surface area contributed by atoms with Gasteiger partial charge in [-0.2, -0.15) is 0 Å². The zero-order valence-corrected chi connectivity index (χ0v) is 11.8. The highest BCUT2D eigenvalue weighted by Gasteiger charge is 2.29. The van der Waals surface area contributed by atoms with Crippen molar-refractivity contribution < 1.29 is 14.3 Å². The van der Waals surface area contributed by atoms with E-state index in [9.17, 15) is 9.59 Å². The molecule has 1 aromatic rings. The lowest BCUT2D eigenvalue weighted by molar-refractivity contribution is -0.123. The molecular weight excluding hydrogens is 270 g/mol. The number of nitrogens with zero attached hydrogens (tertiary/aromatic N) is 1. The van der Waals surface area contributed by atoms with E-state index in [1.54, 1.807) is 11.0 Å². The molecule has 2 heterocycles. The van der Waals surface area contributed by atoms with Crippen LogP contribution in [0.5, 0.6) is 5.75 Å². The average Bonchev–Trinajstić information content (AvgIpc) is 2.53. The highest BCUT2D eigenvalue weighted by molar-refractivity contribution is 5.99. The number of para-hydroxylation sites is 1. The molecule has 6 heteroatoms. The number of ether oxygens (including phenoxy) is 1. The summed E-state index contributed by atoms with van der Waals surface area (Å²) in [6.45, 7) is 2.32. The maximum absolute atomic E-state index is 12.7. The zero-order valence-electron chi connectivity index (χ0n) is 11.8. The van der Waals surface area contributed by atoms with E-state index in [0.717, 1.165) is 25.1 Å². The predicted octanol–water partition coefficient (Wildman–Crippen LogP) is 0.828. The Hall–Kier alpha value is -2.24. The molecule has 3 rings (SSSR count). The first-order valence-electron chi connectivity index (χ1n) is 7.25. The number of carbonyl (C=O) groups excluding carboxylic acids is 2. The predicted molar refractivity (Wildman–Crippen MR) is 78.2 cm³/mol. The van der Waals surface area contributed by atoms with Gasteiger partial charge in [-0.05, 0) is 25.0 Å². The fraction of sp³-hybridized carbons (Fsp3) is 0.467. The van der Waals surface area contributed by atoms with Gasteiger partial charge in [0.25, 0.3) is 5.91 Å². The molecule has 1 saturated heterocycles. The molecule has 6 nitrogen and oxygen atoms in total. The monoisotopic (exact) mass is 289 g/mol. The highest BCUT2D eigenvalue weighted by Crippen LogP contribution is 2.32. The van der Waals surface area contributed by atoms with E-state index in [4.69, 9.17) is 10.5 Å². The first-order chi connectivity index (χ1) is 10.2. The second kappa shape index (κ2) is 5.63. The van der Waals surface area contributed by atoms with Crippen molar-refractivity contribution in [2.24, 2.45) is 11.7 Å². The number of benzene rings is 1. The lowest BCUT2D eigenvalue weighted by atomic mass is 9.96. The maximum atomic E-state index is 12.7. The van der Waals surface area contributed by atoms with E-state index >= 15 is 0 Å². The van der Waals surface area contributed by atoms with E-state index < -0.39 is 0 Å². The number of fused-ring (bicyclic) bond motifs is 1. The number of primary amides is 1. The van der Waals surface area contributed by atoms with Crippen LogP contribution < -0.4 is 15.8 Å². The topological polar surface area (TPSA) is 84.7 Å². The molecule has 1 atom stereocenters. The maximum Gasteiger partial charge on any atom is 0.257 e. The minimum Gasteiger partial charge on any atom is -0.489 e. The summed E-state index contributed by atoms with van der Waals surface area (Å²) >= 11 is 0. The SMILES string of the molecule is NC(=O)C1CCCN(C(=O)c2cccc3c2OCCN3)C1. The molecule has 2 amide bonds. The molecule has 3 N–H and O–H groups in total. The molecule has 0 aliphatic carbocycles. The molecule has 1 fully saturated rings. The van der Waals surface area contributed by atoms with Gasteiger partial charge in [0.15, 0.2) is 5.75 Å². The number of hydrogen-bond donors (Lipinski definition) is 2. The second-order valence-electron chi connectivity index (χ2n) is 5.45. The van der Waals surface area contributed by atoms with Crippen LogP contribution in [0.15, 0.2) is 18.2 Å². The number of piperidine rings is 1. The van der Waals surface area contributed by atoms with Crippen molar-refractivity contribution in [3.05, 3.63) is 23.8 Å². The number of rotatable bonds is 2. The Bertz CT molecular complexity index is 573. The van der Waals surface area contributed by atoms with Crippen LogP contribution in [-0.4, -0.2) is 43.0 Å². The molecule has 0 aromatic heterocycles. The molecule has 112 valence electrons. The van der Waals surface area contributed by atoms with Crippen molar-refractivity contribution in [2.75, 3.05) is 31.6 Å². The lowest BCUT2D eigenvalue weighted by Crippen LogP contribution is -2.44. The van der Waals surface area contributed by atoms with Gasteiger partial charge in [0.1, 0.15) is 6.61 Å². The fourth-order valence-corrected chi connectivity index (χ4v) is 2.90. The van der Waals surface area contributed by atoms with Crippen LogP contribution in [0.25, 0.3) is 0 Å². The van der Waals surface area contributed by atoms with E-state index in [2.05, 4.69) is 5.32 Å². The summed E-state index contributed by atoms with van der Waals surface area (Å²) in [6, 6.07) is 5.50. The quantitative estimate of drug-likeness (QED) is 0.844. The molecular formula is C15H19N3O3. The molecule has 0 radical (unpaired) electrons. The van der Waals surface area contributed by atoms with Gasteiger partial charge in [0.2, 0.25) is 5.91 Å². The highest BCUT2D eigenvalue weighted by atomic mass is 16.5. The largest absolute Gasteiger partial charge is 0.489 e. The van der Waals surface area contributed by atoms with E-state index in [1.165, 1.54) is 0 Å². The molecule has 1 aromatic carbocycles. The van der Waals surface area contributed by atoms with Crippen LogP contribution in [0.2, 0.25) is 0 Å². The van der Waals surface area contributed by atoms with Crippen molar-refractivity contribution in [2.45, 2.75) is 12.8 Å². The zero-order chi connectivity index (χ0) is 14.8. The Morgan fingerprint density at radius 3 is 3.05 bits per heavy atom. The van der Waals surface area contributed by atoms with Crippen molar-refractivity contribution in [1.82, 2.24) is 4.90 Å². The van der Waals surface area contributed by atoms with Crippen molar-refractivity contribution in [3.8, 4) is 5.75 Å². The van der Waals surface area contributed by atoms with Gasteiger partial charge in [0, 0.05) is 19.6 Å². The van der Waals surface area contributed by atoms with Gasteiger partial charge < -0.3 is 20.7 Å². The van der Waals surface area contributed by atoms with Gasteiger partial charge in [0.05, 0.1) is 17.2 Å². The Morgan fingerprint density at radius 1 is 1.38 bits per heavy atom. The number of nitrogens with two attached hydrogens (primary N) is 1. The van der Waals surface area contributed by atoms with E-state index in [1.807, 2.05) is 12.1 Å². The van der Waals surface area contributed by atoms with Gasteiger partial charge in [-0.1, -0.05) is 6.07 Å². The third kappa shape index (κ3) is 2.66. The summed E-state index contributed by atoms with van der Waals surface area (Å²) in [5, 5.41) is 3.22. The summed E-state index contributed by atoms with van der Waals surface area (Å²) in [7, 11) is 0. The average molecular weight is 289 g/mol. The molecule has 0 bridgehead atoms. The lowest BCUT2D eigenvalue weighted by Gasteiger charge is -2.32. The number of likely N-dealkylation sites (tertiary alicyclic amines) is 1. The first-order valence-corrected chi connectivity index (χ1v) is 7.25. The second-order valence-corrected chi connectivity index (χ2v) is 5.45. The van der Waals surface area contributed by atoms with Crippen molar-refractivity contribution in [3.63, 3.8) is 0 Å². The van der Waals surface area contributed by atoms with Crippen LogP contribution in [0.4, 0.5) is 5.69 Å². The Morgan fingerprint density at radius 2 is 2.24 bits per heavy atom. The third-order valence-corrected chi connectivity index (χ3v) is 4.02. The normalized spacial score (nSPS) is 21.0. The number of amides is 2. The molecule has 21 heavy (non-hydrogen) atoms. The van der Waals surface area contributed by atoms with E-state index in [-0.39, 0.29) is 17.7 Å². The third-order valence-electron chi connectivity index (χ3n) is 4.02. The molecule has 2 aliphatic rings.